The Morgan fingerprint density at radius 3 is 2.17 bits per heavy atom. The van der Waals surface area contributed by atoms with Gasteiger partial charge in [-0.15, -0.1) is 0 Å². The Labute approximate surface area is 147 Å². The van der Waals surface area contributed by atoms with Crippen molar-refractivity contribution in [3.8, 4) is 0 Å². The van der Waals surface area contributed by atoms with Crippen LogP contribution in [-0.2, 0) is 9.84 Å². The van der Waals surface area contributed by atoms with Crippen molar-refractivity contribution >= 4 is 33.2 Å². The number of urea groups is 1. The van der Waals surface area contributed by atoms with E-state index in [1.807, 2.05) is 6.92 Å². The van der Waals surface area contributed by atoms with E-state index in [1.54, 1.807) is 48.5 Å². The van der Waals surface area contributed by atoms with E-state index >= 15 is 0 Å². The summed E-state index contributed by atoms with van der Waals surface area (Å²) in [5, 5.41) is 6.20. The van der Waals surface area contributed by atoms with E-state index in [-0.39, 0.29) is 17.0 Å². The van der Waals surface area contributed by atoms with Crippen molar-refractivity contribution in [1.29, 1.82) is 0 Å². The molecule has 128 valence electrons. The minimum atomic E-state index is -3.23. The molecular weight excluding hydrogens is 348 g/mol. The number of carbonyl (C=O) groups excluding carboxylic acids is 1. The number of benzene rings is 2. The van der Waals surface area contributed by atoms with Crippen LogP contribution in [0.25, 0.3) is 0 Å². The van der Waals surface area contributed by atoms with Crippen LogP contribution >= 0.6 is 11.6 Å². The highest BCUT2D eigenvalue weighted by Crippen LogP contribution is 2.20. The van der Waals surface area contributed by atoms with Crippen LogP contribution in [0.2, 0.25) is 5.02 Å². The van der Waals surface area contributed by atoms with Crippen molar-refractivity contribution in [1.82, 2.24) is 5.32 Å². The number of nitrogens with one attached hydrogen (secondary N) is 2. The van der Waals surface area contributed by atoms with Crippen LogP contribution in [-0.4, -0.2) is 20.7 Å². The van der Waals surface area contributed by atoms with Gasteiger partial charge in [0.05, 0.1) is 10.9 Å². The van der Waals surface area contributed by atoms with E-state index < -0.39 is 9.84 Å². The maximum absolute atomic E-state index is 12.1. The molecule has 24 heavy (non-hydrogen) atoms. The van der Waals surface area contributed by atoms with Gasteiger partial charge in [-0.05, 0) is 48.4 Å². The highest BCUT2D eigenvalue weighted by molar-refractivity contribution is 7.90. The lowest BCUT2D eigenvalue weighted by atomic mass is 10.1. The van der Waals surface area contributed by atoms with Gasteiger partial charge >= 0.3 is 6.03 Å². The first kappa shape index (κ1) is 18.3. The molecule has 0 spiro atoms. The van der Waals surface area contributed by atoms with Crippen LogP contribution in [0.1, 0.15) is 24.9 Å². The standard InChI is InChI=1S/C17H19ClN2O3S/c1-3-16(12-4-10-15(11-5-12)24(2,22)23)20-17(21)19-14-8-6-13(18)7-9-14/h4-11,16H,3H2,1-2H3,(H2,19,20,21)/t16-/m0/s1. The van der Waals surface area contributed by atoms with Crippen molar-refractivity contribution in [2.75, 3.05) is 11.6 Å². The monoisotopic (exact) mass is 366 g/mol. The smallest absolute Gasteiger partial charge is 0.319 e. The first-order valence-electron chi connectivity index (χ1n) is 7.42. The highest BCUT2D eigenvalue weighted by Gasteiger charge is 2.14. The molecule has 1 atom stereocenters. The normalized spacial score (nSPS) is 12.5. The zero-order valence-corrected chi connectivity index (χ0v) is 15.0. The van der Waals surface area contributed by atoms with Gasteiger partial charge in [-0.2, -0.15) is 0 Å². The predicted molar refractivity (Wildman–Crippen MR) is 96.2 cm³/mol. The first-order valence-corrected chi connectivity index (χ1v) is 9.69. The van der Waals surface area contributed by atoms with E-state index in [9.17, 15) is 13.2 Å². The van der Waals surface area contributed by atoms with Crippen molar-refractivity contribution in [2.24, 2.45) is 0 Å². The molecule has 5 nitrogen and oxygen atoms in total. The van der Waals surface area contributed by atoms with E-state index in [0.717, 1.165) is 11.8 Å². The Morgan fingerprint density at radius 2 is 1.67 bits per heavy atom. The lowest BCUT2D eigenvalue weighted by Crippen LogP contribution is -2.32. The molecule has 2 aromatic carbocycles. The molecule has 0 fully saturated rings. The number of carbonyl (C=O) groups is 1. The summed E-state index contributed by atoms with van der Waals surface area (Å²) in [6.45, 7) is 1.94. The van der Waals surface area contributed by atoms with Crippen LogP contribution in [0.15, 0.2) is 53.4 Å². The maximum Gasteiger partial charge on any atom is 0.319 e. The number of halogens is 1. The van der Waals surface area contributed by atoms with Gasteiger partial charge in [-0.3, -0.25) is 0 Å². The first-order chi connectivity index (χ1) is 11.3. The molecule has 0 aliphatic carbocycles. The number of hydrogen-bond donors (Lipinski definition) is 2. The fraction of sp³-hybridized carbons (Fsp3) is 0.235. The van der Waals surface area contributed by atoms with E-state index in [2.05, 4.69) is 10.6 Å². The summed E-state index contributed by atoms with van der Waals surface area (Å²) < 4.78 is 23.0. The third kappa shape index (κ3) is 4.97. The summed E-state index contributed by atoms with van der Waals surface area (Å²) in [6, 6.07) is 12.8. The van der Waals surface area contributed by atoms with Crippen LogP contribution in [0.3, 0.4) is 0 Å². The van der Waals surface area contributed by atoms with Gasteiger partial charge in [-0.25, -0.2) is 13.2 Å². The fourth-order valence-electron chi connectivity index (χ4n) is 2.23. The topological polar surface area (TPSA) is 75.3 Å². The van der Waals surface area contributed by atoms with Gasteiger partial charge in [0.1, 0.15) is 0 Å². The molecule has 0 unspecified atom stereocenters. The molecule has 2 aromatic rings. The second-order valence-corrected chi connectivity index (χ2v) is 7.86. The molecule has 0 aromatic heterocycles. The lowest BCUT2D eigenvalue weighted by molar-refractivity contribution is 0.248. The average molecular weight is 367 g/mol. The third-order valence-corrected chi connectivity index (χ3v) is 4.91. The Bertz CT molecular complexity index is 803. The molecule has 0 aliphatic heterocycles. The summed E-state index contributed by atoms with van der Waals surface area (Å²) in [5.74, 6) is 0. The largest absolute Gasteiger partial charge is 0.331 e. The molecule has 0 radical (unpaired) electrons. The summed E-state index contributed by atoms with van der Waals surface area (Å²) in [5.41, 5.74) is 1.48. The summed E-state index contributed by atoms with van der Waals surface area (Å²) >= 11 is 5.81. The molecular formula is C17H19ClN2O3S. The van der Waals surface area contributed by atoms with Crippen molar-refractivity contribution in [2.45, 2.75) is 24.3 Å². The zero-order valence-electron chi connectivity index (χ0n) is 13.4. The number of hydrogen-bond acceptors (Lipinski definition) is 3. The maximum atomic E-state index is 12.1. The van der Waals surface area contributed by atoms with Gasteiger partial charge in [-0.1, -0.05) is 30.7 Å². The molecule has 0 aliphatic rings. The molecule has 0 saturated carbocycles. The van der Waals surface area contributed by atoms with Crippen molar-refractivity contribution in [3.05, 3.63) is 59.1 Å². The minimum absolute atomic E-state index is 0.217. The van der Waals surface area contributed by atoms with Crippen LogP contribution < -0.4 is 10.6 Å². The Hall–Kier alpha value is -2.05. The predicted octanol–water partition coefficient (Wildman–Crippen LogP) is 4.02. The molecule has 7 heteroatoms. The summed E-state index contributed by atoms with van der Waals surface area (Å²) in [6.07, 6.45) is 1.84. The van der Waals surface area contributed by atoms with E-state index in [4.69, 9.17) is 11.6 Å². The number of sulfone groups is 1. The van der Waals surface area contributed by atoms with Gasteiger partial charge < -0.3 is 10.6 Å². The van der Waals surface area contributed by atoms with Crippen LogP contribution in [0.4, 0.5) is 10.5 Å². The minimum Gasteiger partial charge on any atom is -0.331 e. The van der Waals surface area contributed by atoms with Gasteiger partial charge in [0, 0.05) is 17.0 Å². The SMILES string of the molecule is CC[C@H](NC(=O)Nc1ccc(Cl)cc1)c1ccc(S(C)(=O)=O)cc1. The molecule has 0 bridgehead atoms. The molecule has 0 saturated heterocycles. The second-order valence-electron chi connectivity index (χ2n) is 5.41. The van der Waals surface area contributed by atoms with Crippen LogP contribution in [0, 0.1) is 0 Å². The fourth-order valence-corrected chi connectivity index (χ4v) is 2.98. The molecule has 2 N–H and O–H groups in total. The number of amides is 2. The van der Waals surface area contributed by atoms with Gasteiger partial charge in [0.25, 0.3) is 0 Å². The molecule has 0 heterocycles. The molecule has 2 rings (SSSR count). The zero-order chi connectivity index (χ0) is 17.7. The molecule has 2 amide bonds. The van der Waals surface area contributed by atoms with E-state index in [1.165, 1.54) is 0 Å². The summed E-state index contributed by atoms with van der Waals surface area (Å²) in [4.78, 5) is 12.4. The number of anilines is 1. The van der Waals surface area contributed by atoms with E-state index in [0.29, 0.717) is 17.1 Å². The second kappa shape index (κ2) is 7.68. The van der Waals surface area contributed by atoms with Crippen molar-refractivity contribution in [3.63, 3.8) is 0 Å². The van der Waals surface area contributed by atoms with Gasteiger partial charge in [0.2, 0.25) is 0 Å². The van der Waals surface area contributed by atoms with Crippen LogP contribution in [0.5, 0.6) is 0 Å². The Morgan fingerprint density at radius 1 is 1.08 bits per heavy atom. The Kier molecular flexibility index (Phi) is 5.85. The summed E-state index contributed by atoms with van der Waals surface area (Å²) in [7, 11) is -3.23. The number of rotatable bonds is 5. The average Bonchev–Trinajstić information content (AvgIpc) is 2.54. The quantitative estimate of drug-likeness (QED) is 0.839. The highest BCUT2D eigenvalue weighted by atomic mass is 35.5. The van der Waals surface area contributed by atoms with Crippen molar-refractivity contribution < 1.29 is 13.2 Å². The Balaban J connectivity index is 2.05. The lowest BCUT2D eigenvalue weighted by Gasteiger charge is -2.18. The van der Waals surface area contributed by atoms with Gasteiger partial charge in [0.15, 0.2) is 9.84 Å². The third-order valence-electron chi connectivity index (χ3n) is 3.53.